The molecule has 1 aliphatic rings. The predicted molar refractivity (Wildman–Crippen MR) is 145 cm³/mol. The molecule has 7 nitrogen and oxygen atoms in total. The standard InChI is InChI=1S/C27H36N2O5S2/c1-4-6-13-27(14-7-5-2)18-29(21-11-9-8-10-12-21)22-16-23(35-3)20(17-28-25(30)26(31)32)15-24(22)36(33,34)19-27/h8-12,15-16H,4-7,13-14,17-19H2,1-3H3,(H,28,30)(H,31,32). The maximum atomic E-state index is 14.0. The molecule has 2 aromatic carbocycles. The van der Waals surface area contributed by atoms with Gasteiger partial charge < -0.3 is 15.3 Å². The summed E-state index contributed by atoms with van der Waals surface area (Å²) < 4.78 is 28.0. The summed E-state index contributed by atoms with van der Waals surface area (Å²) in [7, 11) is -3.67. The monoisotopic (exact) mass is 532 g/mol. The SMILES string of the molecule is CCCCC1(CCCC)CN(c2ccccc2)c2cc(SC)c(CNC(=O)C(=O)O)cc2S(=O)(=O)C1. The van der Waals surface area contributed by atoms with Gasteiger partial charge in [0.25, 0.3) is 0 Å². The third-order valence-corrected chi connectivity index (χ3v) is 9.61. The zero-order chi connectivity index (χ0) is 26.3. The molecule has 0 unspecified atom stereocenters. The smallest absolute Gasteiger partial charge is 0.394 e. The van der Waals surface area contributed by atoms with Crippen LogP contribution in [-0.4, -0.2) is 44.0 Å². The molecular formula is C27H36N2O5S2. The van der Waals surface area contributed by atoms with E-state index < -0.39 is 27.1 Å². The summed E-state index contributed by atoms with van der Waals surface area (Å²) in [6.45, 7) is 4.80. The zero-order valence-corrected chi connectivity index (χ0v) is 22.9. The number of hydrogen-bond donors (Lipinski definition) is 2. The number of anilines is 2. The second kappa shape index (κ2) is 12.1. The first-order valence-corrected chi connectivity index (χ1v) is 15.3. The summed E-state index contributed by atoms with van der Waals surface area (Å²) in [5, 5.41) is 11.3. The van der Waals surface area contributed by atoms with E-state index in [1.54, 1.807) is 6.07 Å². The molecule has 0 bridgehead atoms. The number of unbranched alkanes of at least 4 members (excludes halogenated alkanes) is 2. The highest BCUT2D eigenvalue weighted by molar-refractivity contribution is 7.98. The maximum absolute atomic E-state index is 14.0. The number of para-hydroxylation sites is 1. The number of benzene rings is 2. The van der Waals surface area contributed by atoms with E-state index in [2.05, 4.69) is 24.1 Å². The van der Waals surface area contributed by atoms with Crippen LogP contribution in [0.15, 0.2) is 52.3 Å². The average Bonchev–Trinajstić information content (AvgIpc) is 2.96. The van der Waals surface area contributed by atoms with Crippen molar-refractivity contribution in [3.05, 3.63) is 48.0 Å². The summed E-state index contributed by atoms with van der Waals surface area (Å²) in [4.78, 5) is 25.8. The van der Waals surface area contributed by atoms with Gasteiger partial charge in [-0.1, -0.05) is 57.7 Å². The molecule has 3 rings (SSSR count). The van der Waals surface area contributed by atoms with Crippen molar-refractivity contribution in [3.63, 3.8) is 0 Å². The lowest BCUT2D eigenvalue weighted by molar-refractivity contribution is -0.150. The Balaban J connectivity index is 2.20. The second-order valence-electron chi connectivity index (χ2n) is 9.51. The number of nitrogens with zero attached hydrogens (tertiary/aromatic N) is 1. The van der Waals surface area contributed by atoms with E-state index in [0.717, 1.165) is 49.1 Å². The summed E-state index contributed by atoms with van der Waals surface area (Å²) in [5.74, 6) is -2.63. The molecule has 1 heterocycles. The summed E-state index contributed by atoms with van der Waals surface area (Å²) in [6.07, 6.45) is 7.46. The number of fused-ring (bicyclic) bond motifs is 1. The third-order valence-electron chi connectivity index (χ3n) is 6.80. The molecule has 1 aliphatic heterocycles. The first-order chi connectivity index (χ1) is 17.2. The number of carboxylic acid groups (broad SMARTS) is 1. The number of rotatable bonds is 10. The van der Waals surface area contributed by atoms with Gasteiger partial charge in [-0.25, -0.2) is 13.2 Å². The van der Waals surface area contributed by atoms with Crippen molar-refractivity contribution < 1.29 is 23.1 Å². The van der Waals surface area contributed by atoms with Crippen LogP contribution < -0.4 is 10.2 Å². The molecule has 2 N–H and O–H groups in total. The third kappa shape index (κ3) is 6.42. The van der Waals surface area contributed by atoms with Crippen LogP contribution >= 0.6 is 11.8 Å². The minimum Gasteiger partial charge on any atom is -0.474 e. The van der Waals surface area contributed by atoms with Gasteiger partial charge in [-0.2, -0.15) is 0 Å². The van der Waals surface area contributed by atoms with Gasteiger partial charge >= 0.3 is 11.9 Å². The lowest BCUT2D eigenvalue weighted by Gasteiger charge is -2.37. The van der Waals surface area contributed by atoms with Gasteiger partial charge in [-0.3, -0.25) is 4.79 Å². The van der Waals surface area contributed by atoms with Gasteiger partial charge in [0.15, 0.2) is 9.84 Å². The van der Waals surface area contributed by atoms with Crippen LogP contribution in [0.5, 0.6) is 0 Å². The van der Waals surface area contributed by atoms with E-state index in [1.165, 1.54) is 11.8 Å². The maximum Gasteiger partial charge on any atom is 0.394 e. The van der Waals surface area contributed by atoms with E-state index in [0.29, 0.717) is 17.8 Å². The van der Waals surface area contributed by atoms with Gasteiger partial charge in [0.05, 0.1) is 16.3 Å². The number of nitrogens with one attached hydrogen (secondary N) is 1. The predicted octanol–water partition coefficient (Wildman–Crippen LogP) is 5.40. The summed E-state index contributed by atoms with van der Waals surface area (Å²) >= 11 is 1.44. The molecule has 0 saturated carbocycles. The van der Waals surface area contributed by atoms with Crippen molar-refractivity contribution in [1.82, 2.24) is 5.32 Å². The Morgan fingerprint density at radius 2 is 1.72 bits per heavy atom. The molecule has 0 radical (unpaired) electrons. The van der Waals surface area contributed by atoms with Crippen LogP contribution in [0.4, 0.5) is 11.4 Å². The number of amides is 1. The fraction of sp³-hybridized carbons (Fsp3) is 0.481. The summed E-state index contributed by atoms with van der Waals surface area (Å²) in [6, 6.07) is 13.4. The second-order valence-corrected chi connectivity index (χ2v) is 12.3. The van der Waals surface area contributed by atoms with Gasteiger partial charge in [0, 0.05) is 29.1 Å². The Hall–Kier alpha value is -2.52. The highest BCUT2D eigenvalue weighted by Crippen LogP contribution is 2.46. The van der Waals surface area contributed by atoms with Crippen molar-refractivity contribution in [2.24, 2.45) is 5.41 Å². The Kier molecular flexibility index (Phi) is 9.47. The first-order valence-electron chi connectivity index (χ1n) is 12.4. The number of carbonyl (C=O) groups excluding carboxylic acids is 1. The lowest BCUT2D eigenvalue weighted by Crippen LogP contribution is -2.38. The van der Waals surface area contributed by atoms with Crippen LogP contribution in [0.1, 0.15) is 57.9 Å². The van der Waals surface area contributed by atoms with Crippen molar-refractivity contribution in [2.45, 2.75) is 68.7 Å². The summed E-state index contributed by atoms with van der Waals surface area (Å²) in [5.41, 5.74) is 1.76. The Morgan fingerprint density at radius 3 is 2.28 bits per heavy atom. The fourth-order valence-corrected chi connectivity index (χ4v) is 7.72. The van der Waals surface area contributed by atoms with Crippen LogP contribution in [-0.2, 0) is 26.0 Å². The quantitative estimate of drug-likeness (QED) is 0.312. The van der Waals surface area contributed by atoms with Crippen molar-refractivity contribution in [3.8, 4) is 0 Å². The average molecular weight is 533 g/mol. The van der Waals surface area contributed by atoms with Crippen LogP contribution in [0.3, 0.4) is 0 Å². The lowest BCUT2D eigenvalue weighted by atomic mass is 9.79. The van der Waals surface area contributed by atoms with E-state index in [4.69, 9.17) is 5.11 Å². The Morgan fingerprint density at radius 1 is 1.08 bits per heavy atom. The fourth-order valence-electron chi connectivity index (χ4n) is 4.95. The Labute approximate surface area is 218 Å². The van der Waals surface area contributed by atoms with Crippen molar-refractivity contribution in [1.29, 1.82) is 0 Å². The topological polar surface area (TPSA) is 104 Å². The molecule has 0 atom stereocenters. The van der Waals surface area contributed by atoms with Gasteiger partial charge in [-0.15, -0.1) is 11.8 Å². The Bertz CT molecular complexity index is 1170. The van der Waals surface area contributed by atoms with Crippen molar-refractivity contribution in [2.75, 3.05) is 23.5 Å². The molecule has 0 aliphatic carbocycles. The molecule has 36 heavy (non-hydrogen) atoms. The minimum absolute atomic E-state index is 0.0632. The van der Waals surface area contributed by atoms with Crippen molar-refractivity contribution >= 4 is 44.9 Å². The minimum atomic E-state index is -3.67. The first kappa shape index (κ1) is 28.1. The van der Waals surface area contributed by atoms with E-state index in [-0.39, 0.29) is 17.2 Å². The number of carbonyl (C=O) groups is 2. The van der Waals surface area contributed by atoms with E-state index in [9.17, 15) is 18.0 Å². The molecule has 196 valence electrons. The number of carboxylic acids is 1. The van der Waals surface area contributed by atoms with Gasteiger partial charge in [0.2, 0.25) is 0 Å². The molecule has 2 aromatic rings. The number of hydrogen-bond acceptors (Lipinski definition) is 6. The molecule has 0 spiro atoms. The molecule has 9 heteroatoms. The highest BCUT2D eigenvalue weighted by atomic mass is 32.2. The molecule has 0 aromatic heterocycles. The number of sulfone groups is 1. The molecule has 0 fully saturated rings. The highest BCUT2D eigenvalue weighted by Gasteiger charge is 2.42. The molecule has 0 saturated heterocycles. The number of thioether (sulfide) groups is 1. The van der Waals surface area contributed by atoms with Crippen LogP contribution in [0.2, 0.25) is 0 Å². The number of aliphatic carboxylic acids is 1. The van der Waals surface area contributed by atoms with Crippen LogP contribution in [0, 0.1) is 5.41 Å². The zero-order valence-electron chi connectivity index (χ0n) is 21.2. The molecule has 1 amide bonds. The van der Waals surface area contributed by atoms with Crippen LogP contribution in [0.25, 0.3) is 0 Å². The molecular weight excluding hydrogens is 496 g/mol. The van der Waals surface area contributed by atoms with Gasteiger partial charge in [0.1, 0.15) is 0 Å². The largest absolute Gasteiger partial charge is 0.474 e. The van der Waals surface area contributed by atoms with E-state index >= 15 is 0 Å². The normalized spacial score (nSPS) is 16.1. The van der Waals surface area contributed by atoms with E-state index in [1.807, 2.05) is 42.7 Å². The van der Waals surface area contributed by atoms with Gasteiger partial charge in [-0.05, 0) is 48.9 Å².